The minimum atomic E-state index is -0.849. The highest BCUT2D eigenvalue weighted by atomic mass is 16.5. The quantitative estimate of drug-likeness (QED) is 0.604. The van der Waals surface area contributed by atoms with Gasteiger partial charge in [0, 0.05) is 11.8 Å². The number of nitrogens with one attached hydrogen (secondary N) is 2. The Hall–Kier alpha value is -2.55. The molecule has 2 amide bonds. The predicted molar refractivity (Wildman–Crippen MR) is 64.9 cm³/mol. The van der Waals surface area contributed by atoms with E-state index in [0.29, 0.717) is 18.0 Å². The molecule has 0 aliphatic carbocycles. The second kappa shape index (κ2) is 6.91. The number of anilines is 1. The van der Waals surface area contributed by atoms with E-state index in [1.807, 2.05) is 6.92 Å². The largest absolute Gasteiger partial charge is 0.494 e. The number of hydrogen-bond acceptors (Lipinski definition) is 4. The fraction of sp³-hybridized carbons (Fsp3) is 0.250. The standard InChI is InChI=1S/C12H13N3O3/c1-2-18-10-5-3-4-9(8-10)15-12(17)11(16)14-7-6-13/h3-5,8H,2,7H2,1H3,(H,14,16)(H,15,17). The molecule has 2 N–H and O–H groups in total. The predicted octanol–water partition coefficient (Wildman–Crippen LogP) is 0.664. The molecule has 0 aliphatic heterocycles. The second-order valence-electron chi connectivity index (χ2n) is 3.26. The second-order valence-corrected chi connectivity index (χ2v) is 3.26. The van der Waals surface area contributed by atoms with E-state index in [0.717, 1.165) is 0 Å². The number of carbonyl (C=O) groups excluding carboxylic acids is 2. The van der Waals surface area contributed by atoms with Crippen molar-refractivity contribution in [2.24, 2.45) is 0 Å². The van der Waals surface area contributed by atoms with E-state index in [4.69, 9.17) is 10.00 Å². The molecular weight excluding hydrogens is 234 g/mol. The van der Waals surface area contributed by atoms with Crippen molar-refractivity contribution >= 4 is 17.5 Å². The van der Waals surface area contributed by atoms with Gasteiger partial charge in [-0.1, -0.05) is 6.07 Å². The fourth-order valence-corrected chi connectivity index (χ4v) is 1.22. The van der Waals surface area contributed by atoms with Crippen molar-refractivity contribution < 1.29 is 14.3 Å². The van der Waals surface area contributed by atoms with Gasteiger partial charge in [0.2, 0.25) is 0 Å². The molecule has 1 rings (SSSR count). The van der Waals surface area contributed by atoms with E-state index >= 15 is 0 Å². The van der Waals surface area contributed by atoms with E-state index in [1.165, 1.54) is 0 Å². The van der Waals surface area contributed by atoms with Gasteiger partial charge in [-0.15, -0.1) is 0 Å². The first kappa shape index (κ1) is 13.5. The Morgan fingerprint density at radius 1 is 1.39 bits per heavy atom. The Morgan fingerprint density at radius 2 is 2.17 bits per heavy atom. The van der Waals surface area contributed by atoms with Crippen LogP contribution in [0.3, 0.4) is 0 Å². The van der Waals surface area contributed by atoms with E-state index < -0.39 is 11.8 Å². The molecule has 94 valence electrons. The molecule has 0 heterocycles. The number of benzene rings is 1. The summed E-state index contributed by atoms with van der Waals surface area (Å²) in [6.07, 6.45) is 0. The highest BCUT2D eigenvalue weighted by Crippen LogP contribution is 2.16. The Bertz CT molecular complexity index is 480. The maximum absolute atomic E-state index is 11.4. The summed E-state index contributed by atoms with van der Waals surface area (Å²) >= 11 is 0. The first-order valence-electron chi connectivity index (χ1n) is 5.36. The highest BCUT2D eigenvalue weighted by Gasteiger charge is 2.12. The van der Waals surface area contributed by atoms with Crippen LogP contribution in [0.5, 0.6) is 5.75 Å². The van der Waals surface area contributed by atoms with Crippen LogP contribution in [-0.2, 0) is 9.59 Å². The summed E-state index contributed by atoms with van der Waals surface area (Å²) in [5.41, 5.74) is 0.457. The lowest BCUT2D eigenvalue weighted by molar-refractivity contribution is -0.136. The third-order valence-electron chi connectivity index (χ3n) is 1.94. The van der Waals surface area contributed by atoms with Crippen LogP contribution in [0.4, 0.5) is 5.69 Å². The van der Waals surface area contributed by atoms with Crippen molar-refractivity contribution in [2.75, 3.05) is 18.5 Å². The summed E-state index contributed by atoms with van der Waals surface area (Å²) in [5.74, 6) is -1.06. The van der Waals surface area contributed by atoms with Gasteiger partial charge in [-0.05, 0) is 19.1 Å². The zero-order chi connectivity index (χ0) is 13.4. The topological polar surface area (TPSA) is 91.2 Å². The third kappa shape index (κ3) is 4.14. The lowest BCUT2D eigenvalue weighted by atomic mass is 10.3. The van der Waals surface area contributed by atoms with E-state index in [2.05, 4.69) is 10.6 Å². The molecule has 1 aromatic rings. The van der Waals surface area contributed by atoms with Gasteiger partial charge in [0.1, 0.15) is 12.3 Å². The van der Waals surface area contributed by atoms with Crippen LogP contribution in [-0.4, -0.2) is 25.0 Å². The average Bonchev–Trinajstić information content (AvgIpc) is 2.36. The van der Waals surface area contributed by atoms with Gasteiger partial charge >= 0.3 is 11.8 Å². The highest BCUT2D eigenvalue weighted by molar-refractivity contribution is 6.39. The number of hydrogen-bond donors (Lipinski definition) is 2. The van der Waals surface area contributed by atoms with Gasteiger partial charge in [-0.3, -0.25) is 9.59 Å². The molecule has 0 saturated heterocycles. The molecule has 0 radical (unpaired) electrons. The molecule has 1 aromatic carbocycles. The number of rotatable bonds is 4. The minimum Gasteiger partial charge on any atom is -0.494 e. The summed E-state index contributed by atoms with van der Waals surface area (Å²) in [6.45, 7) is 2.16. The van der Waals surface area contributed by atoms with Crippen LogP contribution < -0.4 is 15.4 Å². The number of carbonyl (C=O) groups is 2. The molecule has 0 fully saturated rings. The van der Waals surface area contributed by atoms with Gasteiger partial charge in [0.05, 0.1) is 12.7 Å². The van der Waals surface area contributed by atoms with Crippen molar-refractivity contribution in [3.8, 4) is 11.8 Å². The molecule has 0 aliphatic rings. The molecule has 0 saturated carbocycles. The molecule has 0 aromatic heterocycles. The monoisotopic (exact) mass is 247 g/mol. The molecule has 0 unspecified atom stereocenters. The Kier molecular flexibility index (Phi) is 5.19. The average molecular weight is 247 g/mol. The van der Waals surface area contributed by atoms with Crippen molar-refractivity contribution in [3.63, 3.8) is 0 Å². The lowest BCUT2D eigenvalue weighted by Crippen LogP contribution is -2.35. The summed E-state index contributed by atoms with van der Waals surface area (Å²) in [5, 5.41) is 12.8. The first-order chi connectivity index (χ1) is 8.67. The molecule has 18 heavy (non-hydrogen) atoms. The molecular formula is C12H13N3O3. The van der Waals surface area contributed by atoms with Gasteiger partial charge in [-0.2, -0.15) is 5.26 Å². The normalized spacial score (nSPS) is 9.11. The first-order valence-corrected chi connectivity index (χ1v) is 5.36. The zero-order valence-electron chi connectivity index (χ0n) is 9.90. The zero-order valence-corrected chi connectivity index (χ0v) is 9.90. The molecule has 0 bridgehead atoms. The van der Waals surface area contributed by atoms with Crippen molar-refractivity contribution in [2.45, 2.75) is 6.92 Å². The summed E-state index contributed by atoms with van der Waals surface area (Å²) in [4.78, 5) is 22.6. The lowest BCUT2D eigenvalue weighted by Gasteiger charge is -2.07. The fourth-order valence-electron chi connectivity index (χ4n) is 1.22. The van der Waals surface area contributed by atoms with Crippen molar-refractivity contribution in [1.82, 2.24) is 5.32 Å². The Labute approximate surface area is 105 Å². The van der Waals surface area contributed by atoms with Gasteiger partial charge in [0.15, 0.2) is 0 Å². The van der Waals surface area contributed by atoms with Crippen LogP contribution in [0.2, 0.25) is 0 Å². The molecule has 6 heteroatoms. The number of amides is 2. The Balaban J connectivity index is 2.61. The van der Waals surface area contributed by atoms with Crippen LogP contribution in [0.15, 0.2) is 24.3 Å². The minimum absolute atomic E-state index is 0.203. The number of nitrogens with zero attached hydrogens (tertiary/aromatic N) is 1. The number of nitriles is 1. The van der Waals surface area contributed by atoms with Gasteiger partial charge in [-0.25, -0.2) is 0 Å². The van der Waals surface area contributed by atoms with Crippen LogP contribution in [0.1, 0.15) is 6.92 Å². The summed E-state index contributed by atoms with van der Waals surface area (Å²) in [7, 11) is 0. The summed E-state index contributed by atoms with van der Waals surface area (Å²) < 4.78 is 5.26. The van der Waals surface area contributed by atoms with Crippen LogP contribution >= 0.6 is 0 Å². The van der Waals surface area contributed by atoms with Crippen LogP contribution in [0.25, 0.3) is 0 Å². The smallest absolute Gasteiger partial charge is 0.313 e. The maximum Gasteiger partial charge on any atom is 0.313 e. The number of ether oxygens (including phenoxy) is 1. The third-order valence-corrected chi connectivity index (χ3v) is 1.94. The summed E-state index contributed by atoms with van der Waals surface area (Å²) in [6, 6.07) is 8.41. The molecule has 0 atom stereocenters. The molecule has 0 spiro atoms. The van der Waals surface area contributed by atoms with E-state index in [9.17, 15) is 9.59 Å². The van der Waals surface area contributed by atoms with Crippen molar-refractivity contribution in [1.29, 1.82) is 5.26 Å². The van der Waals surface area contributed by atoms with E-state index in [-0.39, 0.29) is 6.54 Å². The SMILES string of the molecule is CCOc1cccc(NC(=O)C(=O)NCC#N)c1. The van der Waals surface area contributed by atoms with Crippen LogP contribution in [0, 0.1) is 11.3 Å². The molecule has 6 nitrogen and oxygen atoms in total. The van der Waals surface area contributed by atoms with Crippen molar-refractivity contribution in [3.05, 3.63) is 24.3 Å². The maximum atomic E-state index is 11.4. The Morgan fingerprint density at radius 3 is 2.83 bits per heavy atom. The van der Waals surface area contributed by atoms with Gasteiger partial charge < -0.3 is 15.4 Å². The van der Waals surface area contributed by atoms with E-state index in [1.54, 1.807) is 30.3 Å². The van der Waals surface area contributed by atoms with Gasteiger partial charge in [0.25, 0.3) is 0 Å².